The summed E-state index contributed by atoms with van der Waals surface area (Å²) in [6.45, 7) is 1.37. The van der Waals surface area contributed by atoms with Gasteiger partial charge in [0.05, 0.1) is 36.5 Å². The fraction of sp³-hybridized carbons (Fsp3) is 0.250. The van der Waals surface area contributed by atoms with E-state index in [9.17, 15) is 9.59 Å². The molecule has 0 aliphatic carbocycles. The van der Waals surface area contributed by atoms with Gasteiger partial charge < -0.3 is 15.4 Å². The molecule has 138 valence electrons. The molecule has 0 radical (unpaired) electrons. The van der Waals surface area contributed by atoms with Crippen molar-refractivity contribution in [3.8, 4) is 17.2 Å². The summed E-state index contributed by atoms with van der Waals surface area (Å²) in [5.74, 6) is -0.340. The van der Waals surface area contributed by atoms with Gasteiger partial charge in [0.2, 0.25) is 0 Å². The van der Waals surface area contributed by atoms with Crippen molar-refractivity contribution in [1.29, 1.82) is 5.26 Å². The largest absolute Gasteiger partial charge is 0.469 e. The van der Waals surface area contributed by atoms with E-state index in [1.54, 1.807) is 21.9 Å². The van der Waals surface area contributed by atoms with E-state index in [-0.39, 0.29) is 18.4 Å². The summed E-state index contributed by atoms with van der Waals surface area (Å²) in [5.41, 5.74) is 9.81. The van der Waals surface area contributed by atoms with E-state index in [0.717, 1.165) is 11.1 Å². The predicted octanol–water partition coefficient (Wildman–Crippen LogP) is 2.61. The Hall–Kier alpha value is -3.53. The molecule has 1 fully saturated rings. The zero-order valence-electron chi connectivity index (χ0n) is 15.0. The molecule has 7 heteroatoms. The standard InChI is InChI=1S/C20H20N4O3/c1-27-19(25)8-9-23-10-11-24(20(23)26)18-7-6-16(12-17(18)22)15-4-2-14(13-21)3-5-15/h2-7,12H,8-11,22H2,1H3. The Kier molecular flexibility index (Phi) is 5.27. The van der Waals surface area contributed by atoms with Crippen LogP contribution in [0.1, 0.15) is 12.0 Å². The highest BCUT2D eigenvalue weighted by Gasteiger charge is 2.30. The van der Waals surface area contributed by atoms with Crippen LogP contribution < -0.4 is 10.6 Å². The van der Waals surface area contributed by atoms with Crippen molar-refractivity contribution < 1.29 is 14.3 Å². The van der Waals surface area contributed by atoms with Crippen LogP contribution in [0, 0.1) is 11.3 Å². The topological polar surface area (TPSA) is 99.7 Å². The second kappa shape index (κ2) is 7.79. The highest BCUT2D eigenvalue weighted by atomic mass is 16.5. The molecule has 1 saturated heterocycles. The van der Waals surface area contributed by atoms with Gasteiger partial charge in [0.15, 0.2) is 0 Å². The summed E-state index contributed by atoms with van der Waals surface area (Å²) in [4.78, 5) is 27.1. The molecule has 2 aromatic rings. The van der Waals surface area contributed by atoms with Crippen molar-refractivity contribution >= 4 is 23.4 Å². The Morgan fingerprint density at radius 1 is 1.19 bits per heavy atom. The lowest BCUT2D eigenvalue weighted by molar-refractivity contribution is -0.140. The number of hydrogen-bond acceptors (Lipinski definition) is 5. The summed E-state index contributed by atoms with van der Waals surface area (Å²) in [7, 11) is 1.33. The fourth-order valence-corrected chi connectivity index (χ4v) is 3.06. The number of methoxy groups -OCH3 is 1. The zero-order chi connectivity index (χ0) is 19.4. The second-order valence-electron chi connectivity index (χ2n) is 6.21. The molecular formula is C20H20N4O3. The molecule has 7 nitrogen and oxygen atoms in total. The minimum absolute atomic E-state index is 0.170. The molecule has 3 rings (SSSR count). The monoisotopic (exact) mass is 364 g/mol. The maximum absolute atomic E-state index is 12.6. The van der Waals surface area contributed by atoms with Crippen LogP contribution in [0.4, 0.5) is 16.2 Å². The lowest BCUT2D eigenvalue weighted by atomic mass is 10.0. The summed E-state index contributed by atoms with van der Waals surface area (Å²) in [5, 5.41) is 8.89. The summed E-state index contributed by atoms with van der Waals surface area (Å²) in [6, 6.07) is 14.7. The Labute approximate surface area is 157 Å². The number of nitrogens with two attached hydrogens (primary N) is 1. The molecule has 0 saturated carbocycles. The highest BCUT2D eigenvalue weighted by Crippen LogP contribution is 2.31. The minimum atomic E-state index is -0.340. The van der Waals surface area contributed by atoms with Gasteiger partial charge in [-0.1, -0.05) is 18.2 Å². The number of carbonyl (C=O) groups is 2. The van der Waals surface area contributed by atoms with Crippen LogP contribution in [-0.4, -0.2) is 43.6 Å². The van der Waals surface area contributed by atoms with E-state index in [0.29, 0.717) is 36.6 Å². The predicted molar refractivity (Wildman–Crippen MR) is 102 cm³/mol. The van der Waals surface area contributed by atoms with Crippen LogP contribution in [0.15, 0.2) is 42.5 Å². The van der Waals surface area contributed by atoms with Gasteiger partial charge in [0.1, 0.15) is 0 Å². The minimum Gasteiger partial charge on any atom is -0.469 e. The zero-order valence-corrected chi connectivity index (χ0v) is 15.0. The normalized spacial score (nSPS) is 13.6. The van der Waals surface area contributed by atoms with Gasteiger partial charge in [0.25, 0.3) is 0 Å². The highest BCUT2D eigenvalue weighted by molar-refractivity contribution is 5.97. The van der Waals surface area contributed by atoms with Crippen molar-refractivity contribution in [3.63, 3.8) is 0 Å². The van der Waals surface area contributed by atoms with Crippen LogP contribution in [0.5, 0.6) is 0 Å². The van der Waals surface area contributed by atoms with Gasteiger partial charge in [0, 0.05) is 19.6 Å². The first-order valence-electron chi connectivity index (χ1n) is 8.57. The number of urea groups is 1. The first-order chi connectivity index (χ1) is 13.0. The molecular weight excluding hydrogens is 344 g/mol. The number of nitriles is 1. The Balaban J connectivity index is 1.75. The molecule has 1 heterocycles. The average Bonchev–Trinajstić information content (AvgIpc) is 3.06. The van der Waals surface area contributed by atoms with Gasteiger partial charge in [-0.2, -0.15) is 5.26 Å². The van der Waals surface area contributed by atoms with E-state index < -0.39 is 0 Å². The van der Waals surface area contributed by atoms with Crippen molar-refractivity contribution in [3.05, 3.63) is 48.0 Å². The Morgan fingerprint density at radius 3 is 2.52 bits per heavy atom. The fourth-order valence-electron chi connectivity index (χ4n) is 3.06. The maximum atomic E-state index is 12.6. The molecule has 0 bridgehead atoms. The van der Waals surface area contributed by atoms with E-state index in [1.807, 2.05) is 30.3 Å². The first kappa shape index (κ1) is 18.3. The smallest absolute Gasteiger partial charge is 0.324 e. The summed E-state index contributed by atoms with van der Waals surface area (Å²) >= 11 is 0. The molecule has 0 aromatic heterocycles. The van der Waals surface area contributed by atoms with E-state index in [2.05, 4.69) is 10.8 Å². The van der Waals surface area contributed by atoms with Gasteiger partial charge in [-0.25, -0.2) is 4.79 Å². The molecule has 2 aromatic carbocycles. The van der Waals surface area contributed by atoms with Crippen LogP contribution in [-0.2, 0) is 9.53 Å². The van der Waals surface area contributed by atoms with Crippen molar-refractivity contribution in [2.45, 2.75) is 6.42 Å². The third-order valence-corrected chi connectivity index (χ3v) is 4.57. The average molecular weight is 364 g/mol. The second-order valence-corrected chi connectivity index (χ2v) is 6.21. The van der Waals surface area contributed by atoms with Crippen LogP contribution >= 0.6 is 0 Å². The SMILES string of the molecule is COC(=O)CCN1CCN(c2ccc(-c3ccc(C#N)cc3)cc2N)C1=O. The van der Waals surface area contributed by atoms with Gasteiger partial charge in [-0.15, -0.1) is 0 Å². The number of nitrogen functional groups attached to an aromatic ring is 1. The van der Waals surface area contributed by atoms with Crippen molar-refractivity contribution in [2.24, 2.45) is 0 Å². The van der Waals surface area contributed by atoms with Gasteiger partial charge in [-0.3, -0.25) is 9.69 Å². The number of amides is 2. The van der Waals surface area contributed by atoms with Crippen LogP contribution in [0.2, 0.25) is 0 Å². The lowest BCUT2D eigenvalue weighted by Gasteiger charge is -2.20. The van der Waals surface area contributed by atoms with Crippen LogP contribution in [0.3, 0.4) is 0 Å². The molecule has 0 atom stereocenters. The lowest BCUT2D eigenvalue weighted by Crippen LogP contribution is -2.33. The number of benzene rings is 2. The number of carbonyl (C=O) groups excluding carboxylic acids is 2. The molecule has 2 N–H and O–H groups in total. The van der Waals surface area contributed by atoms with Crippen molar-refractivity contribution in [2.75, 3.05) is 37.4 Å². The molecule has 0 spiro atoms. The van der Waals surface area contributed by atoms with E-state index in [4.69, 9.17) is 11.0 Å². The molecule has 2 amide bonds. The van der Waals surface area contributed by atoms with Gasteiger partial charge in [-0.05, 0) is 35.4 Å². The summed E-state index contributed by atoms with van der Waals surface area (Å²) < 4.78 is 4.62. The molecule has 1 aliphatic heterocycles. The molecule has 27 heavy (non-hydrogen) atoms. The number of rotatable bonds is 5. The first-order valence-corrected chi connectivity index (χ1v) is 8.57. The number of esters is 1. The van der Waals surface area contributed by atoms with Crippen molar-refractivity contribution in [1.82, 2.24) is 4.90 Å². The number of nitrogens with zero attached hydrogens (tertiary/aromatic N) is 3. The molecule has 0 unspecified atom stereocenters. The van der Waals surface area contributed by atoms with E-state index >= 15 is 0 Å². The van der Waals surface area contributed by atoms with Gasteiger partial charge >= 0.3 is 12.0 Å². The molecule has 1 aliphatic rings. The Morgan fingerprint density at radius 2 is 1.89 bits per heavy atom. The van der Waals surface area contributed by atoms with E-state index in [1.165, 1.54) is 7.11 Å². The number of hydrogen-bond donors (Lipinski definition) is 1. The third kappa shape index (κ3) is 3.85. The third-order valence-electron chi connectivity index (χ3n) is 4.57. The maximum Gasteiger partial charge on any atom is 0.324 e. The number of anilines is 2. The quantitative estimate of drug-likeness (QED) is 0.649. The number of ether oxygens (including phenoxy) is 1. The summed E-state index contributed by atoms with van der Waals surface area (Å²) in [6.07, 6.45) is 0.170. The Bertz CT molecular complexity index is 902. The van der Waals surface area contributed by atoms with Crippen LogP contribution in [0.25, 0.3) is 11.1 Å².